The summed E-state index contributed by atoms with van der Waals surface area (Å²) < 4.78 is 11.5. The van der Waals surface area contributed by atoms with Crippen LogP contribution < -0.4 is 15.6 Å². The number of benzene rings is 2. The topological polar surface area (TPSA) is 105 Å². The highest BCUT2D eigenvalue weighted by Gasteiger charge is 2.13. The van der Waals surface area contributed by atoms with Crippen LogP contribution >= 0.6 is 0 Å². The van der Waals surface area contributed by atoms with Crippen LogP contribution in [0.2, 0.25) is 0 Å². The van der Waals surface area contributed by atoms with Crippen molar-refractivity contribution in [3.8, 4) is 11.5 Å². The number of nitrogens with one attached hydrogen (secondary N) is 2. The number of oxazole rings is 1. The van der Waals surface area contributed by atoms with Gasteiger partial charge in [-0.2, -0.15) is 0 Å². The number of carbonyl (C=O) groups excluding carboxylic acids is 1. The largest absolute Gasteiger partial charge is 0.436 e. The van der Waals surface area contributed by atoms with Gasteiger partial charge in [0.2, 0.25) is 5.89 Å². The minimum absolute atomic E-state index is 0.0569. The van der Waals surface area contributed by atoms with Crippen molar-refractivity contribution >= 4 is 22.7 Å². The maximum atomic E-state index is 11.9. The quantitative estimate of drug-likeness (QED) is 0.552. The summed E-state index contributed by atoms with van der Waals surface area (Å²) in [5, 5.41) is 5.04. The van der Waals surface area contributed by atoms with E-state index in [-0.39, 0.29) is 12.5 Å². The normalized spacial score (nSPS) is 10.9. The minimum Gasteiger partial charge on any atom is -0.436 e. The first kappa shape index (κ1) is 14.9. The van der Waals surface area contributed by atoms with E-state index in [4.69, 9.17) is 4.42 Å². The van der Waals surface area contributed by atoms with Crippen LogP contribution in [0.4, 0.5) is 5.69 Å². The molecule has 0 saturated heterocycles. The lowest BCUT2D eigenvalue weighted by Gasteiger charge is -2.02. The molecule has 0 saturated carbocycles. The Bertz CT molecular complexity index is 1060. The van der Waals surface area contributed by atoms with Gasteiger partial charge in [-0.3, -0.25) is 9.32 Å². The molecule has 25 heavy (non-hydrogen) atoms. The Morgan fingerprint density at radius 1 is 1.16 bits per heavy atom. The van der Waals surface area contributed by atoms with Gasteiger partial charge < -0.3 is 9.73 Å². The zero-order valence-electron chi connectivity index (χ0n) is 12.9. The standard InChI is InChI=1S/C17H12N4O4/c22-15(9-21-10-16(23)25-20-21)18-12-7-5-11(6-8-12)17-19-13-3-1-2-4-14(13)24-17/h1-8,10H,9H2,(H-,18,19,20,22,23)/p+1. The van der Waals surface area contributed by atoms with Crippen LogP contribution in [-0.4, -0.2) is 16.2 Å². The molecular weight excluding hydrogens is 324 g/mol. The molecule has 4 aromatic rings. The van der Waals surface area contributed by atoms with Gasteiger partial charge in [0.25, 0.3) is 18.6 Å². The number of aromatic nitrogens is 3. The van der Waals surface area contributed by atoms with E-state index in [2.05, 4.69) is 20.1 Å². The molecule has 0 bridgehead atoms. The van der Waals surface area contributed by atoms with Crippen molar-refractivity contribution in [3.05, 3.63) is 65.1 Å². The number of anilines is 1. The van der Waals surface area contributed by atoms with Crippen LogP contribution in [0.1, 0.15) is 0 Å². The highest BCUT2D eigenvalue weighted by atomic mass is 16.5. The number of H-pyrrole nitrogens is 1. The molecule has 0 atom stereocenters. The van der Waals surface area contributed by atoms with Crippen LogP contribution in [0.25, 0.3) is 22.6 Å². The number of hydrogen-bond donors (Lipinski definition) is 2. The second-order valence-electron chi connectivity index (χ2n) is 5.38. The van der Waals surface area contributed by atoms with Gasteiger partial charge in [-0.25, -0.2) is 9.78 Å². The molecule has 0 aliphatic rings. The Hall–Kier alpha value is -3.68. The monoisotopic (exact) mass is 337 g/mol. The van der Waals surface area contributed by atoms with Crippen LogP contribution in [0, 0.1) is 0 Å². The van der Waals surface area contributed by atoms with Crippen molar-refractivity contribution in [1.29, 1.82) is 0 Å². The number of rotatable bonds is 4. The molecule has 1 amide bonds. The summed E-state index contributed by atoms with van der Waals surface area (Å²) in [5.74, 6) is 0.224. The van der Waals surface area contributed by atoms with Crippen molar-refractivity contribution < 1.29 is 18.4 Å². The van der Waals surface area contributed by atoms with Gasteiger partial charge >= 0.3 is 5.63 Å². The molecule has 0 fully saturated rings. The van der Waals surface area contributed by atoms with Crippen LogP contribution in [-0.2, 0) is 11.3 Å². The molecule has 2 aromatic heterocycles. The van der Waals surface area contributed by atoms with E-state index in [1.807, 2.05) is 36.4 Å². The molecule has 2 heterocycles. The number of aromatic amines is 1. The molecular formula is C17H13N4O4+. The van der Waals surface area contributed by atoms with Crippen molar-refractivity contribution in [2.24, 2.45) is 0 Å². The van der Waals surface area contributed by atoms with E-state index in [0.29, 0.717) is 11.6 Å². The molecule has 0 radical (unpaired) electrons. The third kappa shape index (κ3) is 3.18. The molecule has 4 rings (SSSR count). The van der Waals surface area contributed by atoms with Crippen LogP contribution in [0.15, 0.2) is 68.5 Å². The third-order valence-electron chi connectivity index (χ3n) is 3.55. The Balaban J connectivity index is 1.47. The van der Waals surface area contributed by atoms with Gasteiger partial charge in [0, 0.05) is 11.3 Å². The maximum Gasteiger partial charge on any atom is 0.426 e. The first-order chi connectivity index (χ1) is 12.2. The molecule has 0 aliphatic carbocycles. The molecule has 0 aliphatic heterocycles. The summed E-state index contributed by atoms with van der Waals surface area (Å²) in [5.41, 5.74) is 2.40. The summed E-state index contributed by atoms with van der Waals surface area (Å²) in [6.45, 7) is -0.0569. The number of hydrogen-bond acceptors (Lipinski definition) is 5. The van der Waals surface area contributed by atoms with E-state index in [9.17, 15) is 9.59 Å². The highest BCUT2D eigenvalue weighted by Crippen LogP contribution is 2.25. The minimum atomic E-state index is -0.546. The predicted octanol–water partition coefficient (Wildman–Crippen LogP) is 1.70. The van der Waals surface area contributed by atoms with Gasteiger partial charge in [0.05, 0.1) is 0 Å². The van der Waals surface area contributed by atoms with Crippen molar-refractivity contribution in [2.45, 2.75) is 6.54 Å². The predicted molar refractivity (Wildman–Crippen MR) is 87.6 cm³/mol. The second-order valence-corrected chi connectivity index (χ2v) is 5.38. The second kappa shape index (κ2) is 6.08. The van der Waals surface area contributed by atoms with Gasteiger partial charge in [0.1, 0.15) is 5.52 Å². The van der Waals surface area contributed by atoms with Crippen LogP contribution in [0.3, 0.4) is 0 Å². The zero-order valence-corrected chi connectivity index (χ0v) is 12.9. The van der Waals surface area contributed by atoms with E-state index >= 15 is 0 Å². The first-order valence-corrected chi connectivity index (χ1v) is 7.51. The third-order valence-corrected chi connectivity index (χ3v) is 3.55. The highest BCUT2D eigenvalue weighted by molar-refractivity contribution is 5.90. The SMILES string of the molecule is O=C(C[n+]1cc(=O)o[nH]1)Nc1ccc(-c2nc3ccccc3o2)cc1. The Morgan fingerprint density at radius 3 is 2.68 bits per heavy atom. The van der Waals surface area contributed by atoms with Gasteiger partial charge in [-0.05, 0) is 41.7 Å². The fourth-order valence-corrected chi connectivity index (χ4v) is 2.41. The molecule has 2 N–H and O–H groups in total. The number of para-hydroxylation sites is 2. The molecule has 8 nitrogen and oxygen atoms in total. The number of amides is 1. The Labute approximate surface area is 140 Å². The number of fused-ring (bicyclic) bond motifs is 1. The van der Waals surface area contributed by atoms with Gasteiger partial charge in [0.15, 0.2) is 5.58 Å². The maximum absolute atomic E-state index is 11.9. The van der Waals surface area contributed by atoms with Gasteiger partial charge in [-0.1, -0.05) is 16.8 Å². The number of nitrogens with zero attached hydrogens (tertiary/aromatic N) is 2. The van der Waals surface area contributed by atoms with E-state index < -0.39 is 5.63 Å². The molecule has 124 valence electrons. The molecule has 0 spiro atoms. The van der Waals surface area contributed by atoms with E-state index in [1.54, 1.807) is 12.1 Å². The van der Waals surface area contributed by atoms with E-state index in [1.165, 1.54) is 4.68 Å². The fraction of sp³-hybridized carbons (Fsp3) is 0.0588. The lowest BCUT2D eigenvalue weighted by molar-refractivity contribution is -0.750. The lowest BCUT2D eigenvalue weighted by atomic mass is 10.2. The molecule has 0 unspecified atom stereocenters. The van der Waals surface area contributed by atoms with Crippen LogP contribution in [0.5, 0.6) is 0 Å². The Morgan fingerprint density at radius 2 is 1.96 bits per heavy atom. The summed E-state index contributed by atoms with van der Waals surface area (Å²) in [6, 6.07) is 14.7. The molecule has 8 heteroatoms. The van der Waals surface area contributed by atoms with E-state index in [0.717, 1.165) is 22.9 Å². The fourth-order valence-electron chi connectivity index (χ4n) is 2.41. The average Bonchev–Trinajstić information content (AvgIpc) is 3.21. The zero-order chi connectivity index (χ0) is 17.2. The molecule has 2 aromatic carbocycles. The summed E-state index contributed by atoms with van der Waals surface area (Å²) in [4.78, 5) is 27.3. The summed E-state index contributed by atoms with van der Waals surface area (Å²) in [7, 11) is 0. The summed E-state index contributed by atoms with van der Waals surface area (Å²) in [6.07, 6.45) is 1.16. The van der Waals surface area contributed by atoms with Crippen molar-refractivity contribution in [3.63, 3.8) is 0 Å². The Kier molecular flexibility index (Phi) is 3.62. The average molecular weight is 337 g/mol. The number of carbonyl (C=O) groups is 1. The van der Waals surface area contributed by atoms with Crippen molar-refractivity contribution in [2.75, 3.05) is 5.32 Å². The van der Waals surface area contributed by atoms with Crippen molar-refractivity contribution in [1.82, 2.24) is 10.3 Å². The first-order valence-electron chi connectivity index (χ1n) is 7.51. The summed E-state index contributed by atoms with van der Waals surface area (Å²) >= 11 is 0. The van der Waals surface area contributed by atoms with Gasteiger partial charge in [-0.15, -0.1) is 0 Å². The lowest BCUT2D eigenvalue weighted by Crippen LogP contribution is -2.41. The smallest absolute Gasteiger partial charge is 0.426 e.